The van der Waals surface area contributed by atoms with Gasteiger partial charge in [0.2, 0.25) is 5.91 Å². The number of benzene rings is 2. The summed E-state index contributed by atoms with van der Waals surface area (Å²) in [6, 6.07) is 10.9. The number of nitrogens with one attached hydrogen (secondary N) is 3. The Labute approximate surface area is 201 Å². The third-order valence-corrected chi connectivity index (χ3v) is 5.44. The zero-order valence-corrected chi connectivity index (χ0v) is 19.5. The van der Waals surface area contributed by atoms with Crippen LogP contribution in [0.15, 0.2) is 60.3 Å². The highest BCUT2D eigenvalue weighted by Gasteiger charge is 2.44. The number of hydrogen-bond donors (Lipinski definition) is 3. The standard InChI is InChI=1S/C25H27F3N4O3/c1-15(2)14-32-22(16(12-29)13-30-3)21(19-9-4-5-10-20(19)24(32)34)23(33)31-17-7-6-8-18(11-17)35-25(26,27)28/h4-13,15,21-22,29-30H,14H2,1-3H3,(H,31,33)/b16-13+,29-12?/t21-,22+/m1/s1. The highest BCUT2D eigenvalue weighted by atomic mass is 19.4. The number of alkyl halides is 3. The van der Waals surface area contributed by atoms with E-state index >= 15 is 0 Å². The summed E-state index contributed by atoms with van der Waals surface area (Å²) in [6.07, 6.45) is -2.22. The number of fused-ring (bicyclic) bond motifs is 1. The third kappa shape index (κ3) is 6.00. The molecular formula is C25H27F3N4O3. The van der Waals surface area contributed by atoms with Gasteiger partial charge < -0.3 is 25.7 Å². The predicted octanol–water partition coefficient (Wildman–Crippen LogP) is 4.54. The third-order valence-electron chi connectivity index (χ3n) is 5.44. The van der Waals surface area contributed by atoms with Gasteiger partial charge in [-0.3, -0.25) is 9.59 Å². The fraction of sp³-hybridized carbons (Fsp3) is 0.320. The van der Waals surface area contributed by atoms with Crippen LogP contribution in [0.1, 0.15) is 35.7 Å². The number of anilines is 1. The monoisotopic (exact) mass is 488 g/mol. The molecule has 0 aromatic heterocycles. The van der Waals surface area contributed by atoms with E-state index in [2.05, 4.69) is 15.4 Å². The molecule has 2 amide bonds. The Morgan fingerprint density at radius 1 is 1.20 bits per heavy atom. The van der Waals surface area contributed by atoms with Crippen LogP contribution in [0, 0.1) is 11.3 Å². The topological polar surface area (TPSA) is 94.5 Å². The molecule has 2 atom stereocenters. The van der Waals surface area contributed by atoms with Gasteiger partial charge in [0.15, 0.2) is 0 Å². The molecule has 0 unspecified atom stereocenters. The van der Waals surface area contributed by atoms with Crippen molar-refractivity contribution in [2.75, 3.05) is 18.9 Å². The molecule has 0 radical (unpaired) electrons. The van der Waals surface area contributed by atoms with Gasteiger partial charge in [-0.1, -0.05) is 38.1 Å². The molecule has 1 heterocycles. The Kier molecular flexibility index (Phi) is 7.83. The van der Waals surface area contributed by atoms with Crippen LogP contribution in [0.3, 0.4) is 0 Å². The largest absolute Gasteiger partial charge is 0.573 e. The van der Waals surface area contributed by atoms with Gasteiger partial charge in [0, 0.05) is 48.9 Å². The van der Waals surface area contributed by atoms with Crippen LogP contribution in [0.2, 0.25) is 0 Å². The maximum absolute atomic E-state index is 13.7. The van der Waals surface area contributed by atoms with Crippen LogP contribution in [0.4, 0.5) is 18.9 Å². The van der Waals surface area contributed by atoms with Crippen LogP contribution in [0.5, 0.6) is 5.75 Å². The van der Waals surface area contributed by atoms with Crippen molar-refractivity contribution < 1.29 is 27.5 Å². The summed E-state index contributed by atoms with van der Waals surface area (Å²) in [5.41, 5.74) is 1.36. The molecule has 35 heavy (non-hydrogen) atoms. The van der Waals surface area contributed by atoms with Crippen molar-refractivity contribution in [2.45, 2.75) is 32.2 Å². The Morgan fingerprint density at radius 2 is 1.91 bits per heavy atom. The van der Waals surface area contributed by atoms with Gasteiger partial charge >= 0.3 is 6.36 Å². The van der Waals surface area contributed by atoms with Crippen molar-refractivity contribution in [3.63, 3.8) is 0 Å². The quantitative estimate of drug-likeness (QED) is 0.476. The van der Waals surface area contributed by atoms with Gasteiger partial charge in [0.25, 0.3) is 5.91 Å². The average Bonchev–Trinajstić information content (AvgIpc) is 2.78. The van der Waals surface area contributed by atoms with Gasteiger partial charge in [-0.25, -0.2) is 0 Å². The Balaban J connectivity index is 2.08. The minimum atomic E-state index is -4.87. The van der Waals surface area contributed by atoms with Gasteiger partial charge in [-0.2, -0.15) is 0 Å². The molecule has 3 rings (SSSR count). The number of amides is 2. The van der Waals surface area contributed by atoms with Crippen molar-refractivity contribution >= 4 is 23.7 Å². The summed E-state index contributed by atoms with van der Waals surface area (Å²) in [6.45, 7) is 4.22. The molecule has 7 nitrogen and oxygen atoms in total. The molecule has 2 aromatic carbocycles. The number of halogens is 3. The number of nitrogens with zero attached hydrogens (tertiary/aromatic N) is 1. The minimum Gasteiger partial charge on any atom is -0.406 e. The molecular weight excluding hydrogens is 461 g/mol. The Morgan fingerprint density at radius 3 is 2.54 bits per heavy atom. The molecule has 186 valence electrons. The molecule has 0 fully saturated rings. The van der Waals surface area contributed by atoms with Gasteiger partial charge in [-0.15, -0.1) is 13.2 Å². The number of ether oxygens (including phenoxy) is 1. The summed E-state index contributed by atoms with van der Waals surface area (Å²) in [4.78, 5) is 28.7. The molecule has 3 N–H and O–H groups in total. The average molecular weight is 489 g/mol. The Hall–Kier alpha value is -3.82. The fourth-order valence-electron chi connectivity index (χ4n) is 4.21. The first-order valence-electron chi connectivity index (χ1n) is 11.0. The highest BCUT2D eigenvalue weighted by Crippen LogP contribution is 2.38. The Bertz CT molecular complexity index is 1130. The van der Waals surface area contributed by atoms with Crippen LogP contribution >= 0.6 is 0 Å². The maximum Gasteiger partial charge on any atom is 0.573 e. The van der Waals surface area contributed by atoms with E-state index in [4.69, 9.17) is 5.41 Å². The summed E-state index contributed by atoms with van der Waals surface area (Å²) < 4.78 is 41.9. The maximum atomic E-state index is 13.7. The number of carbonyl (C=O) groups excluding carboxylic acids is 2. The molecule has 1 aliphatic heterocycles. The van der Waals surface area contributed by atoms with E-state index in [0.29, 0.717) is 23.2 Å². The number of rotatable bonds is 8. The van der Waals surface area contributed by atoms with Crippen LogP contribution in [0.25, 0.3) is 0 Å². The summed E-state index contributed by atoms with van der Waals surface area (Å²) in [5, 5.41) is 13.5. The van der Waals surface area contributed by atoms with E-state index < -0.39 is 30.0 Å². The van der Waals surface area contributed by atoms with E-state index in [9.17, 15) is 22.8 Å². The summed E-state index contributed by atoms with van der Waals surface area (Å²) in [7, 11) is 1.65. The molecule has 2 aromatic rings. The minimum absolute atomic E-state index is 0.0770. The van der Waals surface area contributed by atoms with Crippen molar-refractivity contribution in [3.05, 3.63) is 71.4 Å². The molecule has 0 aliphatic carbocycles. The van der Waals surface area contributed by atoms with Gasteiger partial charge in [0.05, 0.1) is 12.0 Å². The first kappa shape index (κ1) is 25.8. The highest BCUT2D eigenvalue weighted by molar-refractivity contribution is 6.05. The molecule has 1 aliphatic rings. The summed E-state index contributed by atoms with van der Waals surface area (Å²) in [5.74, 6) is -2.10. The lowest BCUT2D eigenvalue weighted by Crippen LogP contribution is -2.53. The second kappa shape index (κ2) is 10.6. The van der Waals surface area contributed by atoms with E-state index in [1.807, 2.05) is 13.8 Å². The lowest BCUT2D eigenvalue weighted by Gasteiger charge is -2.42. The lowest BCUT2D eigenvalue weighted by atomic mass is 9.79. The van der Waals surface area contributed by atoms with Crippen LogP contribution in [-0.4, -0.2) is 48.9 Å². The van der Waals surface area contributed by atoms with E-state index in [1.54, 1.807) is 42.4 Å². The van der Waals surface area contributed by atoms with Crippen LogP contribution in [-0.2, 0) is 4.79 Å². The molecule has 0 spiro atoms. The second-order valence-corrected chi connectivity index (χ2v) is 8.50. The first-order chi connectivity index (χ1) is 16.6. The van der Waals surface area contributed by atoms with Crippen molar-refractivity contribution in [1.29, 1.82) is 5.41 Å². The predicted molar refractivity (Wildman–Crippen MR) is 127 cm³/mol. The smallest absolute Gasteiger partial charge is 0.406 e. The fourth-order valence-corrected chi connectivity index (χ4v) is 4.21. The van der Waals surface area contributed by atoms with Gasteiger partial charge in [-0.05, 0) is 29.7 Å². The molecule has 0 saturated carbocycles. The molecule has 0 saturated heterocycles. The van der Waals surface area contributed by atoms with E-state index in [0.717, 1.165) is 18.3 Å². The molecule has 0 bridgehead atoms. The van der Waals surface area contributed by atoms with Crippen molar-refractivity contribution in [3.8, 4) is 5.75 Å². The summed E-state index contributed by atoms with van der Waals surface area (Å²) >= 11 is 0. The first-order valence-corrected chi connectivity index (χ1v) is 11.0. The zero-order valence-electron chi connectivity index (χ0n) is 19.5. The van der Waals surface area contributed by atoms with Crippen molar-refractivity contribution in [2.24, 2.45) is 5.92 Å². The zero-order chi connectivity index (χ0) is 25.8. The van der Waals surface area contributed by atoms with E-state index in [-0.39, 0.29) is 17.5 Å². The number of carbonyl (C=O) groups is 2. The normalized spacial score (nSPS) is 18.2. The van der Waals surface area contributed by atoms with E-state index in [1.165, 1.54) is 12.1 Å². The van der Waals surface area contributed by atoms with Gasteiger partial charge in [0.1, 0.15) is 5.75 Å². The lowest BCUT2D eigenvalue weighted by molar-refractivity contribution is -0.274. The van der Waals surface area contributed by atoms with Crippen molar-refractivity contribution in [1.82, 2.24) is 10.2 Å². The molecule has 10 heteroatoms. The van der Waals surface area contributed by atoms with Crippen LogP contribution < -0.4 is 15.4 Å². The SMILES string of the molecule is CN/C=C(\C=N)[C@H]1[C@H](C(=O)Nc2cccc(OC(F)(F)F)c2)c2ccccc2C(=O)N1CC(C)C. The second-order valence-electron chi connectivity index (χ2n) is 8.50. The number of hydrogen-bond acceptors (Lipinski definition) is 5.